The molecule has 6 heteroatoms. The van der Waals surface area contributed by atoms with Crippen LogP contribution in [0, 0.1) is 13.8 Å². The predicted octanol–water partition coefficient (Wildman–Crippen LogP) is 2.40. The molecule has 2 atom stereocenters. The molecule has 0 bridgehead atoms. The highest BCUT2D eigenvalue weighted by Gasteiger charge is 2.46. The average Bonchev–Trinajstić information content (AvgIpc) is 2.97. The molecule has 1 heterocycles. The Morgan fingerprint density at radius 2 is 2.30 bits per heavy atom. The Kier molecular flexibility index (Phi) is 4.39. The summed E-state index contributed by atoms with van der Waals surface area (Å²) in [5.41, 5.74) is 1.20. The molecule has 2 rings (SSSR count). The number of ether oxygens (including phenoxy) is 1. The number of carbonyl (C=O) groups is 1. The van der Waals surface area contributed by atoms with Gasteiger partial charge in [-0.1, -0.05) is 11.6 Å². The van der Waals surface area contributed by atoms with Gasteiger partial charge in [0.1, 0.15) is 5.54 Å². The molecule has 1 fully saturated rings. The summed E-state index contributed by atoms with van der Waals surface area (Å²) in [6.45, 7) is 6.09. The number of halogens is 1. The molecule has 0 aromatic carbocycles. The van der Waals surface area contributed by atoms with Gasteiger partial charge in [0.05, 0.1) is 29.1 Å². The molecule has 0 spiro atoms. The van der Waals surface area contributed by atoms with Gasteiger partial charge < -0.3 is 10.1 Å². The SMILES string of the molecule is CCOC(=O)C1(NC)CCC(n2nc(C)c(Cl)c2C)C1. The Bertz CT molecular complexity index is 515. The summed E-state index contributed by atoms with van der Waals surface area (Å²) in [6, 6.07) is 0.179. The standard InChI is InChI=1S/C14H22ClN3O2/c1-5-20-13(19)14(16-4)7-6-11(8-14)18-10(3)12(15)9(2)17-18/h11,16H,5-8H2,1-4H3. The van der Waals surface area contributed by atoms with Crippen LogP contribution in [-0.4, -0.2) is 34.9 Å². The van der Waals surface area contributed by atoms with E-state index in [4.69, 9.17) is 16.3 Å². The van der Waals surface area contributed by atoms with E-state index in [9.17, 15) is 4.79 Å². The Morgan fingerprint density at radius 3 is 2.80 bits per heavy atom. The van der Waals surface area contributed by atoms with Gasteiger partial charge in [0.2, 0.25) is 0 Å². The Labute approximate surface area is 124 Å². The Hall–Kier alpha value is -1.07. The summed E-state index contributed by atoms with van der Waals surface area (Å²) in [6.07, 6.45) is 2.32. The maximum Gasteiger partial charge on any atom is 0.326 e. The van der Waals surface area contributed by atoms with E-state index in [1.165, 1.54) is 0 Å². The molecule has 1 aromatic heterocycles. The fourth-order valence-electron chi connectivity index (χ4n) is 3.01. The van der Waals surface area contributed by atoms with E-state index in [0.717, 1.165) is 24.2 Å². The maximum absolute atomic E-state index is 12.2. The van der Waals surface area contributed by atoms with Gasteiger partial charge in [-0.15, -0.1) is 0 Å². The first kappa shape index (κ1) is 15.3. The van der Waals surface area contributed by atoms with E-state index in [0.29, 0.717) is 18.1 Å². The third kappa shape index (κ3) is 2.44. The van der Waals surface area contributed by atoms with Crippen molar-refractivity contribution in [2.75, 3.05) is 13.7 Å². The number of aromatic nitrogens is 2. The van der Waals surface area contributed by atoms with Gasteiger partial charge in [0.25, 0.3) is 0 Å². The minimum Gasteiger partial charge on any atom is -0.465 e. The molecule has 0 aliphatic heterocycles. The van der Waals surface area contributed by atoms with E-state index in [-0.39, 0.29) is 12.0 Å². The van der Waals surface area contributed by atoms with Gasteiger partial charge in [-0.05, 0) is 47.1 Å². The maximum atomic E-state index is 12.2. The fourth-order valence-corrected chi connectivity index (χ4v) is 3.13. The number of hydrogen-bond acceptors (Lipinski definition) is 4. The highest BCUT2D eigenvalue weighted by atomic mass is 35.5. The highest BCUT2D eigenvalue weighted by molar-refractivity contribution is 6.31. The van der Waals surface area contributed by atoms with Gasteiger partial charge >= 0.3 is 5.97 Å². The van der Waals surface area contributed by atoms with Crippen molar-refractivity contribution in [1.82, 2.24) is 15.1 Å². The van der Waals surface area contributed by atoms with Crippen LogP contribution >= 0.6 is 11.6 Å². The number of carbonyl (C=O) groups excluding carboxylic acids is 1. The normalized spacial score (nSPS) is 25.9. The lowest BCUT2D eigenvalue weighted by atomic mass is 9.98. The van der Waals surface area contributed by atoms with Crippen molar-refractivity contribution < 1.29 is 9.53 Å². The van der Waals surface area contributed by atoms with Crippen LogP contribution in [0.2, 0.25) is 5.02 Å². The highest BCUT2D eigenvalue weighted by Crippen LogP contribution is 2.39. The molecular formula is C14H22ClN3O2. The second kappa shape index (κ2) is 5.74. The zero-order valence-corrected chi connectivity index (χ0v) is 13.3. The Balaban J connectivity index is 2.22. The minimum absolute atomic E-state index is 0.169. The number of nitrogens with one attached hydrogen (secondary N) is 1. The van der Waals surface area contributed by atoms with Gasteiger partial charge in [0, 0.05) is 0 Å². The number of likely N-dealkylation sites (N-methyl/N-ethyl adjacent to an activating group) is 1. The fraction of sp³-hybridized carbons (Fsp3) is 0.714. The van der Waals surface area contributed by atoms with Crippen LogP contribution < -0.4 is 5.32 Å². The van der Waals surface area contributed by atoms with Crippen LogP contribution in [0.1, 0.15) is 43.6 Å². The topological polar surface area (TPSA) is 56.1 Å². The zero-order valence-electron chi connectivity index (χ0n) is 12.5. The van der Waals surface area contributed by atoms with Crippen LogP contribution in [-0.2, 0) is 9.53 Å². The van der Waals surface area contributed by atoms with E-state index >= 15 is 0 Å². The number of aryl methyl sites for hydroxylation is 1. The van der Waals surface area contributed by atoms with E-state index in [2.05, 4.69) is 10.4 Å². The molecular weight excluding hydrogens is 278 g/mol. The zero-order chi connectivity index (χ0) is 14.9. The molecule has 20 heavy (non-hydrogen) atoms. The number of nitrogens with zero attached hydrogens (tertiary/aromatic N) is 2. The molecule has 5 nitrogen and oxygen atoms in total. The molecule has 1 saturated carbocycles. The monoisotopic (exact) mass is 299 g/mol. The van der Waals surface area contributed by atoms with Crippen molar-refractivity contribution in [3.63, 3.8) is 0 Å². The molecule has 1 N–H and O–H groups in total. The molecule has 112 valence electrons. The van der Waals surface area contributed by atoms with Gasteiger partial charge in [-0.25, -0.2) is 0 Å². The number of esters is 1. The molecule has 1 aliphatic carbocycles. The van der Waals surface area contributed by atoms with E-state index in [1.807, 2.05) is 32.5 Å². The second-order valence-electron chi connectivity index (χ2n) is 5.38. The summed E-state index contributed by atoms with van der Waals surface area (Å²) in [7, 11) is 1.81. The van der Waals surface area contributed by atoms with Gasteiger partial charge in [0.15, 0.2) is 0 Å². The molecule has 1 aliphatic rings. The van der Waals surface area contributed by atoms with Crippen LogP contribution in [0.5, 0.6) is 0 Å². The average molecular weight is 300 g/mol. The van der Waals surface area contributed by atoms with Gasteiger partial charge in [-0.3, -0.25) is 9.48 Å². The molecule has 2 unspecified atom stereocenters. The van der Waals surface area contributed by atoms with Crippen molar-refractivity contribution in [3.05, 3.63) is 16.4 Å². The van der Waals surface area contributed by atoms with Crippen molar-refractivity contribution in [3.8, 4) is 0 Å². The summed E-state index contributed by atoms with van der Waals surface area (Å²) in [4.78, 5) is 12.2. The molecule has 0 saturated heterocycles. The lowest BCUT2D eigenvalue weighted by Gasteiger charge is -2.26. The summed E-state index contributed by atoms with van der Waals surface area (Å²) < 4.78 is 7.16. The molecule has 1 aromatic rings. The lowest BCUT2D eigenvalue weighted by Crippen LogP contribution is -2.49. The minimum atomic E-state index is -0.598. The van der Waals surface area contributed by atoms with Crippen molar-refractivity contribution in [1.29, 1.82) is 0 Å². The van der Waals surface area contributed by atoms with Crippen LogP contribution in [0.4, 0.5) is 0 Å². The molecule has 0 radical (unpaired) electrons. The Morgan fingerprint density at radius 1 is 1.60 bits per heavy atom. The van der Waals surface area contributed by atoms with Crippen molar-refractivity contribution >= 4 is 17.6 Å². The largest absolute Gasteiger partial charge is 0.465 e. The van der Waals surface area contributed by atoms with Crippen molar-refractivity contribution in [2.45, 2.75) is 51.6 Å². The first-order chi connectivity index (χ1) is 9.45. The second-order valence-corrected chi connectivity index (χ2v) is 5.76. The first-order valence-electron chi connectivity index (χ1n) is 7.02. The predicted molar refractivity (Wildman–Crippen MR) is 78.0 cm³/mol. The van der Waals surface area contributed by atoms with Crippen molar-refractivity contribution in [2.24, 2.45) is 0 Å². The summed E-state index contributed by atoms with van der Waals surface area (Å²) in [5.74, 6) is -0.169. The smallest absolute Gasteiger partial charge is 0.326 e. The van der Waals surface area contributed by atoms with Gasteiger partial charge in [-0.2, -0.15) is 5.10 Å². The van der Waals surface area contributed by atoms with Crippen LogP contribution in [0.25, 0.3) is 0 Å². The lowest BCUT2D eigenvalue weighted by molar-refractivity contribution is -0.150. The van der Waals surface area contributed by atoms with E-state index < -0.39 is 5.54 Å². The number of rotatable bonds is 4. The summed E-state index contributed by atoms with van der Waals surface area (Å²) in [5, 5.41) is 8.37. The number of hydrogen-bond donors (Lipinski definition) is 1. The first-order valence-corrected chi connectivity index (χ1v) is 7.40. The van der Waals surface area contributed by atoms with E-state index in [1.54, 1.807) is 0 Å². The third-order valence-corrected chi connectivity index (χ3v) is 4.76. The molecule has 0 amide bonds. The quantitative estimate of drug-likeness (QED) is 0.868. The van der Waals surface area contributed by atoms with Crippen LogP contribution in [0.3, 0.4) is 0 Å². The summed E-state index contributed by atoms with van der Waals surface area (Å²) >= 11 is 6.20. The van der Waals surface area contributed by atoms with Crippen LogP contribution in [0.15, 0.2) is 0 Å². The third-order valence-electron chi connectivity index (χ3n) is 4.22.